The number of benzene rings is 1. The van der Waals surface area contributed by atoms with Gasteiger partial charge in [-0.05, 0) is 48.9 Å². The van der Waals surface area contributed by atoms with E-state index in [0.717, 1.165) is 10.9 Å². The fraction of sp³-hybridized carbons (Fsp3) is 0.208. The molecular formula is C24H23N3O7. The summed E-state index contributed by atoms with van der Waals surface area (Å²) in [6.45, 7) is 2.67. The molecule has 0 radical (unpaired) electrons. The molecule has 0 atom stereocenters. The van der Waals surface area contributed by atoms with Crippen LogP contribution in [-0.2, 0) is 19.1 Å². The van der Waals surface area contributed by atoms with Crippen LogP contribution in [0.5, 0.6) is 5.75 Å². The molecule has 0 spiro atoms. The van der Waals surface area contributed by atoms with Crippen molar-refractivity contribution in [3.63, 3.8) is 0 Å². The van der Waals surface area contributed by atoms with Gasteiger partial charge >= 0.3 is 5.97 Å². The van der Waals surface area contributed by atoms with Crippen LogP contribution < -0.4 is 10.1 Å². The third-order valence-corrected chi connectivity index (χ3v) is 5.05. The summed E-state index contributed by atoms with van der Waals surface area (Å²) >= 11 is 0. The van der Waals surface area contributed by atoms with Gasteiger partial charge in [0, 0.05) is 29.0 Å². The number of carboxylic acids is 1. The van der Waals surface area contributed by atoms with E-state index in [2.05, 4.69) is 15.3 Å². The Balaban J connectivity index is 1.51. The Morgan fingerprint density at radius 2 is 2.12 bits per heavy atom. The zero-order chi connectivity index (χ0) is 24.1. The number of Topliss-reactive ketones (excluding diaryl/α,β-unsaturated/α-hetero) is 1. The lowest BCUT2D eigenvalue weighted by atomic mass is 10.1. The maximum Gasteiger partial charge on any atom is 0.345 e. The monoisotopic (exact) mass is 465 g/mol. The molecule has 0 unspecified atom stereocenters. The average Bonchev–Trinajstić information content (AvgIpc) is 3.36. The van der Waals surface area contributed by atoms with Crippen molar-refractivity contribution in [3.05, 3.63) is 71.1 Å². The summed E-state index contributed by atoms with van der Waals surface area (Å²) in [7, 11) is 0. The molecule has 4 rings (SSSR count). The Hall–Kier alpha value is -4.15. The molecule has 0 saturated carbocycles. The zero-order valence-electron chi connectivity index (χ0n) is 18.3. The van der Waals surface area contributed by atoms with Gasteiger partial charge in [0.2, 0.25) is 11.7 Å². The zero-order valence-corrected chi connectivity index (χ0v) is 18.3. The number of rotatable bonds is 10. The van der Waals surface area contributed by atoms with Gasteiger partial charge in [-0.2, -0.15) is 0 Å². The number of nitrogens with one attached hydrogen (secondary N) is 2. The number of aryl methyl sites for hydroxylation is 1. The molecule has 1 aliphatic heterocycles. The van der Waals surface area contributed by atoms with E-state index >= 15 is 0 Å². The average molecular weight is 465 g/mol. The molecule has 34 heavy (non-hydrogen) atoms. The Morgan fingerprint density at radius 3 is 2.88 bits per heavy atom. The number of carbonyl (C=O) groups excluding carboxylic acids is 1. The Bertz CT molecular complexity index is 1290. The van der Waals surface area contributed by atoms with Crippen molar-refractivity contribution < 1.29 is 34.0 Å². The van der Waals surface area contributed by atoms with Crippen molar-refractivity contribution in [3.8, 4) is 5.75 Å². The van der Waals surface area contributed by atoms with Crippen molar-refractivity contribution in [1.29, 1.82) is 0 Å². The first-order valence-electron chi connectivity index (χ1n) is 10.5. The summed E-state index contributed by atoms with van der Waals surface area (Å²) < 4.78 is 16.4. The second-order valence-corrected chi connectivity index (χ2v) is 7.38. The molecule has 2 aromatic heterocycles. The van der Waals surface area contributed by atoms with Crippen LogP contribution in [0.2, 0.25) is 0 Å². The van der Waals surface area contributed by atoms with E-state index < -0.39 is 17.3 Å². The lowest BCUT2D eigenvalue weighted by Crippen LogP contribution is -2.12. The first-order chi connectivity index (χ1) is 16.5. The number of aromatic nitrogens is 2. The molecule has 10 heteroatoms. The maximum atomic E-state index is 12.8. The minimum absolute atomic E-state index is 0.0475. The minimum Gasteiger partial charge on any atom is -0.491 e. The molecule has 10 nitrogen and oxygen atoms in total. The van der Waals surface area contributed by atoms with Crippen molar-refractivity contribution in [2.45, 2.75) is 6.92 Å². The lowest BCUT2D eigenvalue weighted by molar-refractivity contribution is -0.134. The topological polar surface area (TPSA) is 143 Å². The number of fused-ring (bicyclic) bond motifs is 1. The predicted molar refractivity (Wildman–Crippen MR) is 123 cm³/mol. The molecular weight excluding hydrogens is 442 g/mol. The Morgan fingerprint density at radius 1 is 1.26 bits per heavy atom. The smallest absolute Gasteiger partial charge is 0.345 e. The number of ketones is 1. The molecule has 0 fully saturated rings. The van der Waals surface area contributed by atoms with Crippen molar-refractivity contribution in [1.82, 2.24) is 9.97 Å². The summed E-state index contributed by atoms with van der Waals surface area (Å²) in [6, 6.07) is 8.77. The SMILES string of the molecule is Cc1cc(OCCOCCO)ccc1NC1=C(C(=O)O)C(=O)/C(=C/c2c[nH]c3ncccc23)O1. The molecule has 3 aromatic rings. The van der Waals surface area contributed by atoms with E-state index in [9.17, 15) is 14.7 Å². The van der Waals surface area contributed by atoms with Gasteiger partial charge < -0.3 is 34.7 Å². The highest BCUT2D eigenvalue weighted by Gasteiger charge is 2.36. The standard InChI is InChI=1S/C24H23N3O7/c1-14-11-16(33-10-9-32-8-7-28)4-5-18(14)27-23-20(24(30)31)21(29)19(34-23)12-15-13-26-22-17(15)3-2-6-25-22/h2-6,11-13,27-28H,7-10H2,1H3,(H,25,26)(H,30,31)/b19-12-. The molecule has 0 aliphatic carbocycles. The van der Waals surface area contributed by atoms with Gasteiger partial charge in [-0.25, -0.2) is 9.78 Å². The van der Waals surface area contributed by atoms with Crippen LogP contribution in [0.3, 0.4) is 0 Å². The van der Waals surface area contributed by atoms with Crippen LogP contribution in [0, 0.1) is 6.92 Å². The summed E-state index contributed by atoms with van der Waals surface area (Å²) in [6.07, 6.45) is 4.80. The van der Waals surface area contributed by atoms with Crippen LogP contribution >= 0.6 is 0 Å². The number of hydrogen-bond acceptors (Lipinski definition) is 8. The van der Waals surface area contributed by atoms with E-state index in [-0.39, 0.29) is 24.9 Å². The largest absolute Gasteiger partial charge is 0.491 e. The fourth-order valence-electron chi connectivity index (χ4n) is 3.42. The fourth-order valence-corrected chi connectivity index (χ4v) is 3.42. The van der Waals surface area contributed by atoms with Crippen LogP contribution in [0.1, 0.15) is 11.1 Å². The number of hydrogen-bond donors (Lipinski definition) is 4. The van der Waals surface area contributed by atoms with Crippen molar-refractivity contribution in [2.24, 2.45) is 0 Å². The summed E-state index contributed by atoms with van der Waals surface area (Å²) in [4.78, 5) is 31.8. The second-order valence-electron chi connectivity index (χ2n) is 7.38. The number of carbonyl (C=O) groups is 2. The normalized spacial score (nSPS) is 14.6. The highest BCUT2D eigenvalue weighted by Crippen LogP contribution is 2.31. The molecule has 3 heterocycles. The van der Waals surface area contributed by atoms with Crippen molar-refractivity contribution >= 4 is 34.5 Å². The number of pyridine rings is 1. The van der Waals surface area contributed by atoms with Gasteiger partial charge in [0.1, 0.15) is 18.0 Å². The van der Waals surface area contributed by atoms with E-state index in [1.54, 1.807) is 36.7 Å². The third-order valence-electron chi connectivity index (χ3n) is 5.05. The van der Waals surface area contributed by atoms with Gasteiger partial charge in [0.15, 0.2) is 11.3 Å². The number of allylic oxidation sites excluding steroid dienone is 1. The molecule has 176 valence electrons. The first kappa shape index (κ1) is 23.0. The Labute approximate surface area is 194 Å². The van der Waals surface area contributed by atoms with Crippen LogP contribution in [0.15, 0.2) is 59.9 Å². The molecule has 1 aliphatic rings. The van der Waals surface area contributed by atoms with Gasteiger partial charge in [-0.1, -0.05) is 0 Å². The van der Waals surface area contributed by atoms with Crippen LogP contribution in [-0.4, -0.2) is 58.4 Å². The molecule has 0 saturated heterocycles. The summed E-state index contributed by atoms with van der Waals surface area (Å²) in [5, 5.41) is 22.0. The van der Waals surface area contributed by atoms with E-state index in [1.165, 1.54) is 6.08 Å². The number of aliphatic hydroxyl groups is 1. The van der Waals surface area contributed by atoms with Gasteiger partial charge in [-0.3, -0.25) is 4.79 Å². The minimum atomic E-state index is -1.39. The number of aromatic amines is 1. The third kappa shape index (κ3) is 4.92. The number of aliphatic hydroxyl groups excluding tert-OH is 1. The van der Waals surface area contributed by atoms with E-state index in [1.807, 2.05) is 13.0 Å². The van der Waals surface area contributed by atoms with E-state index in [0.29, 0.717) is 35.9 Å². The highest BCUT2D eigenvalue weighted by atomic mass is 16.5. The molecule has 4 N–H and O–H groups in total. The number of ether oxygens (including phenoxy) is 3. The molecule has 1 aromatic carbocycles. The Kier molecular flexibility index (Phi) is 6.90. The predicted octanol–water partition coefficient (Wildman–Crippen LogP) is 2.61. The second kappa shape index (κ2) is 10.2. The maximum absolute atomic E-state index is 12.8. The van der Waals surface area contributed by atoms with Gasteiger partial charge in [0.25, 0.3) is 0 Å². The first-order valence-corrected chi connectivity index (χ1v) is 10.5. The number of anilines is 1. The van der Waals surface area contributed by atoms with Gasteiger partial charge in [-0.15, -0.1) is 0 Å². The van der Waals surface area contributed by atoms with E-state index in [4.69, 9.17) is 19.3 Å². The number of nitrogens with zero attached hydrogens (tertiary/aromatic N) is 1. The number of H-pyrrole nitrogens is 1. The quantitative estimate of drug-likeness (QED) is 0.202. The molecule has 0 bridgehead atoms. The summed E-state index contributed by atoms with van der Waals surface area (Å²) in [5.41, 5.74) is 2.12. The lowest BCUT2D eigenvalue weighted by Gasteiger charge is -2.13. The van der Waals surface area contributed by atoms with Crippen LogP contribution in [0.25, 0.3) is 17.1 Å². The number of aliphatic carboxylic acids is 1. The highest BCUT2D eigenvalue weighted by molar-refractivity contribution is 6.26. The molecule has 0 amide bonds. The van der Waals surface area contributed by atoms with Crippen LogP contribution in [0.4, 0.5) is 5.69 Å². The van der Waals surface area contributed by atoms with Gasteiger partial charge in [0.05, 0.1) is 19.8 Å². The number of carboxylic acid groups (broad SMARTS) is 1. The summed E-state index contributed by atoms with van der Waals surface area (Å²) in [5.74, 6) is -1.79. The van der Waals surface area contributed by atoms with Crippen molar-refractivity contribution in [2.75, 3.05) is 31.7 Å².